The van der Waals surface area contributed by atoms with Crippen LogP contribution in [0.25, 0.3) is 0 Å². The van der Waals surface area contributed by atoms with Crippen LogP contribution in [0, 0.1) is 17.2 Å². The van der Waals surface area contributed by atoms with Gasteiger partial charge in [-0.3, -0.25) is 9.59 Å². The molecule has 5 nitrogen and oxygen atoms in total. The van der Waals surface area contributed by atoms with Crippen LogP contribution in [0.2, 0.25) is 0 Å². The van der Waals surface area contributed by atoms with Gasteiger partial charge in [-0.15, -0.1) is 0 Å². The van der Waals surface area contributed by atoms with Crippen molar-refractivity contribution in [3.63, 3.8) is 0 Å². The zero-order valence-electron chi connectivity index (χ0n) is 11.1. The van der Waals surface area contributed by atoms with Gasteiger partial charge in [0.05, 0.1) is 18.4 Å². The summed E-state index contributed by atoms with van der Waals surface area (Å²) < 4.78 is 0. The summed E-state index contributed by atoms with van der Waals surface area (Å²) in [7, 11) is 0. The van der Waals surface area contributed by atoms with Crippen LogP contribution in [0.4, 0.5) is 0 Å². The van der Waals surface area contributed by atoms with Crippen LogP contribution in [0.15, 0.2) is 24.3 Å². The molecule has 0 bridgehead atoms. The third kappa shape index (κ3) is 2.97. The van der Waals surface area contributed by atoms with Crippen LogP contribution >= 0.6 is 0 Å². The Hall–Kier alpha value is -2.35. The molecule has 1 aromatic carbocycles. The Morgan fingerprint density at radius 1 is 1.30 bits per heavy atom. The molecule has 5 heteroatoms. The van der Waals surface area contributed by atoms with Crippen molar-refractivity contribution in [3.05, 3.63) is 35.4 Å². The number of nitriles is 1. The van der Waals surface area contributed by atoms with Crippen molar-refractivity contribution >= 4 is 11.9 Å². The first-order chi connectivity index (χ1) is 9.63. The van der Waals surface area contributed by atoms with Crippen molar-refractivity contribution in [3.8, 4) is 6.07 Å². The molecule has 1 amide bonds. The highest BCUT2D eigenvalue weighted by molar-refractivity contribution is 5.96. The first kappa shape index (κ1) is 14.1. The number of hydrogen-bond donors (Lipinski definition) is 1. The highest BCUT2D eigenvalue weighted by Gasteiger charge is 2.28. The Kier molecular flexibility index (Phi) is 4.36. The highest BCUT2D eigenvalue weighted by Crippen LogP contribution is 2.20. The summed E-state index contributed by atoms with van der Waals surface area (Å²) in [5, 5.41) is 17.7. The molecular weight excluding hydrogens is 256 g/mol. The van der Waals surface area contributed by atoms with E-state index in [4.69, 9.17) is 10.4 Å². The van der Waals surface area contributed by atoms with E-state index in [-0.39, 0.29) is 18.2 Å². The molecule has 0 unspecified atom stereocenters. The largest absolute Gasteiger partial charge is 0.481 e. The van der Waals surface area contributed by atoms with Crippen LogP contribution in [0.5, 0.6) is 0 Å². The van der Waals surface area contributed by atoms with E-state index in [9.17, 15) is 9.59 Å². The molecule has 0 aliphatic carbocycles. The van der Waals surface area contributed by atoms with E-state index in [1.54, 1.807) is 29.2 Å². The van der Waals surface area contributed by atoms with E-state index >= 15 is 0 Å². The van der Waals surface area contributed by atoms with Crippen molar-refractivity contribution in [2.45, 2.75) is 19.3 Å². The number of amides is 1. The summed E-state index contributed by atoms with van der Waals surface area (Å²) >= 11 is 0. The second-order valence-electron chi connectivity index (χ2n) is 4.90. The summed E-state index contributed by atoms with van der Waals surface area (Å²) in [6.45, 7) is 0.910. The predicted molar refractivity (Wildman–Crippen MR) is 72.0 cm³/mol. The second-order valence-corrected chi connectivity index (χ2v) is 4.90. The molecule has 1 saturated heterocycles. The third-order valence-electron chi connectivity index (χ3n) is 3.65. The van der Waals surface area contributed by atoms with E-state index < -0.39 is 5.97 Å². The van der Waals surface area contributed by atoms with Crippen LogP contribution in [0.1, 0.15) is 28.8 Å². The molecule has 0 aromatic heterocycles. The standard InChI is InChI=1S/C15H16N2O3/c16-8-5-11-3-1-2-4-13(11)14(18)17-9-6-12(7-10-17)15(19)20/h1-4,12H,5-7,9-10H2,(H,19,20). The summed E-state index contributed by atoms with van der Waals surface area (Å²) in [6.07, 6.45) is 1.18. The zero-order valence-corrected chi connectivity index (χ0v) is 11.1. The normalized spacial score (nSPS) is 15.7. The molecule has 0 radical (unpaired) electrons. The fraction of sp³-hybridized carbons (Fsp3) is 0.400. The first-order valence-corrected chi connectivity index (χ1v) is 6.60. The SMILES string of the molecule is N#CCc1ccccc1C(=O)N1CCC(C(=O)O)CC1. The molecule has 0 atom stereocenters. The molecule has 1 aliphatic rings. The van der Waals surface area contributed by atoms with E-state index in [1.807, 2.05) is 0 Å². The van der Waals surface area contributed by atoms with Gasteiger partial charge < -0.3 is 10.0 Å². The molecule has 1 aromatic rings. The number of rotatable bonds is 3. The van der Waals surface area contributed by atoms with E-state index in [1.165, 1.54) is 0 Å². The molecule has 104 valence electrons. The summed E-state index contributed by atoms with van der Waals surface area (Å²) in [5.74, 6) is -1.25. The molecule has 0 spiro atoms. The van der Waals surface area contributed by atoms with Gasteiger partial charge in [-0.25, -0.2) is 0 Å². The minimum Gasteiger partial charge on any atom is -0.481 e. The van der Waals surface area contributed by atoms with Gasteiger partial charge in [-0.05, 0) is 24.5 Å². The Labute approximate surface area is 117 Å². The number of carboxylic acid groups (broad SMARTS) is 1. The van der Waals surface area contributed by atoms with Gasteiger partial charge in [0.25, 0.3) is 5.91 Å². The topological polar surface area (TPSA) is 81.4 Å². The number of hydrogen-bond acceptors (Lipinski definition) is 3. The van der Waals surface area contributed by atoms with Crippen molar-refractivity contribution in [1.82, 2.24) is 4.90 Å². The maximum Gasteiger partial charge on any atom is 0.306 e. The highest BCUT2D eigenvalue weighted by atomic mass is 16.4. The summed E-state index contributed by atoms with van der Waals surface area (Å²) in [5.41, 5.74) is 1.27. The van der Waals surface area contributed by atoms with Gasteiger partial charge in [0.15, 0.2) is 0 Å². The molecule has 2 rings (SSSR count). The average molecular weight is 272 g/mol. The fourth-order valence-corrected chi connectivity index (χ4v) is 2.47. The molecular formula is C15H16N2O3. The van der Waals surface area contributed by atoms with Crippen LogP contribution in [0.3, 0.4) is 0 Å². The molecule has 1 heterocycles. The van der Waals surface area contributed by atoms with Gasteiger partial charge >= 0.3 is 5.97 Å². The van der Waals surface area contributed by atoms with Gasteiger partial charge in [0.1, 0.15) is 0 Å². The average Bonchev–Trinajstić information content (AvgIpc) is 2.47. The molecule has 0 saturated carbocycles. The Balaban J connectivity index is 2.10. The fourth-order valence-electron chi connectivity index (χ4n) is 2.47. The van der Waals surface area contributed by atoms with E-state index in [2.05, 4.69) is 6.07 Å². The number of carboxylic acids is 1. The second kappa shape index (κ2) is 6.20. The predicted octanol–water partition coefficient (Wildman–Crippen LogP) is 1.69. The summed E-state index contributed by atoms with van der Waals surface area (Å²) in [6, 6.07) is 9.14. The lowest BCUT2D eigenvalue weighted by atomic mass is 9.96. The minimum atomic E-state index is -0.790. The minimum absolute atomic E-state index is 0.111. The maximum atomic E-state index is 12.4. The summed E-state index contributed by atoms with van der Waals surface area (Å²) in [4.78, 5) is 25.0. The van der Waals surface area contributed by atoms with Crippen LogP contribution in [-0.4, -0.2) is 35.0 Å². The smallest absolute Gasteiger partial charge is 0.306 e. The number of nitrogens with zero attached hydrogens (tertiary/aromatic N) is 2. The number of carbonyl (C=O) groups excluding carboxylic acids is 1. The lowest BCUT2D eigenvalue weighted by molar-refractivity contribution is -0.143. The van der Waals surface area contributed by atoms with Gasteiger partial charge in [0, 0.05) is 18.7 Å². The Morgan fingerprint density at radius 3 is 2.55 bits per heavy atom. The first-order valence-electron chi connectivity index (χ1n) is 6.60. The number of piperidine rings is 1. The van der Waals surface area contributed by atoms with Crippen LogP contribution in [-0.2, 0) is 11.2 Å². The van der Waals surface area contributed by atoms with Gasteiger partial charge in [0.2, 0.25) is 0 Å². The zero-order chi connectivity index (χ0) is 14.5. The quantitative estimate of drug-likeness (QED) is 0.907. The van der Waals surface area contributed by atoms with Crippen molar-refractivity contribution in [2.75, 3.05) is 13.1 Å². The Morgan fingerprint density at radius 2 is 1.95 bits per heavy atom. The van der Waals surface area contributed by atoms with Crippen molar-refractivity contribution in [2.24, 2.45) is 5.92 Å². The molecule has 1 aliphatic heterocycles. The maximum absolute atomic E-state index is 12.4. The van der Waals surface area contributed by atoms with Gasteiger partial charge in [-0.1, -0.05) is 18.2 Å². The number of carbonyl (C=O) groups is 2. The van der Waals surface area contributed by atoms with E-state index in [0.29, 0.717) is 31.5 Å². The lowest BCUT2D eigenvalue weighted by Gasteiger charge is -2.30. The van der Waals surface area contributed by atoms with Gasteiger partial charge in [-0.2, -0.15) is 5.26 Å². The number of benzene rings is 1. The monoisotopic (exact) mass is 272 g/mol. The lowest BCUT2D eigenvalue weighted by Crippen LogP contribution is -2.40. The molecule has 20 heavy (non-hydrogen) atoms. The Bertz CT molecular complexity index is 554. The van der Waals surface area contributed by atoms with E-state index in [0.717, 1.165) is 5.56 Å². The van der Waals surface area contributed by atoms with Crippen molar-refractivity contribution < 1.29 is 14.7 Å². The van der Waals surface area contributed by atoms with Crippen molar-refractivity contribution in [1.29, 1.82) is 5.26 Å². The number of likely N-dealkylation sites (tertiary alicyclic amines) is 1. The number of aliphatic carboxylic acids is 1. The molecule has 1 fully saturated rings. The van der Waals surface area contributed by atoms with Crippen LogP contribution < -0.4 is 0 Å². The third-order valence-corrected chi connectivity index (χ3v) is 3.65. The molecule has 1 N–H and O–H groups in total.